The number of anilines is 1. The van der Waals surface area contributed by atoms with E-state index in [2.05, 4.69) is 5.32 Å². The van der Waals surface area contributed by atoms with Crippen LogP contribution in [0.4, 0.5) is 27.6 Å². The van der Waals surface area contributed by atoms with E-state index in [0.29, 0.717) is 6.07 Å². The second kappa shape index (κ2) is 7.50. The van der Waals surface area contributed by atoms with Crippen LogP contribution in [-0.2, 0) is 17.5 Å². The van der Waals surface area contributed by atoms with Gasteiger partial charge in [0.15, 0.2) is 0 Å². The molecule has 0 atom stereocenters. The number of rotatable bonds is 5. The van der Waals surface area contributed by atoms with Crippen molar-refractivity contribution < 1.29 is 26.7 Å². The van der Waals surface area contributed by atoms with Crippen LogP contribution < -0.4 is 5.32 Å². The number of hydrogen-bond acceptors (Lipinski definition) is 2. The maximum atomic E-state index is 13.6. The minimum absolute atomic E-state index is 0.0881. The summed E-state index contributed by atoms with van der Waals surface area (Å²) in [6.07, 6.45) is -4.47. The number of nitrogens with one attached hydrogen (secondary N) is 1. The summed E-state index contributed by atoms with van der Waals surface area (Å²) in [5, 5.41) is 2.60. The molecular weight excluding hydrogens is 343 g/mol. The Balaban J connectivity index is 1.95. The van der Waals surface area contributed by atoms with Crippen molar-refractivity contribution in [2.24, 2.45) is 0 Å². The molecule has 0 bridgehead atoms. The highest BCUT2D eigenvalue weighted by Crippen LogP contribution is 2.30. The summed E-state index contributed by atoms with van der Waals surface area (Å²) in [7, 11) is 1.42. The Labute approximate surface area is 141 Å². The third-order valence-corrected chi connectivity index (χ3v) is 3.48. The first-order chi connectivity index (χ1) is 11.7. The molecule has 0 radical (unpaired) electrons. The summed E-state index contributed by atoms with van der Waals surface area (Å²) in [5.41, 5.74) is -0.549. The lowest BCUT2D eigenvalue weighted by Crippen LogP contribution is -2.32. The molecule has 0 aromatic heterocycles. The fourth-order valence-corrected chi connectivity index (χ4v) is 2.11. The van der Waals surface area contributed by atoms with Crippen LogP contribution >= 0.6 is 0 Å². The lowest BCUT2D eigenvalue weighted by Gasteiger charge is -2.18. The highest BCUT2D eigenvalue weighted by Gasteiger charge is 2.30. The summed E-state index contributed by atoms with van der Waals surface area (Å²) < 4.78 is 64.4. The van der Waals surface area contributed by atoms with Gasteiger partial charge in [-0.3, -0.25) is 4.79 Å². The monoisotopic (exact) mass is 358 g/mol. The van der Waals surface area contributed by atoms with E-state index in [-0.39, 0.29) is 24.3 Å². The van der Waals surface area contributed by atoms with Crippen LogP contribution in [0, 0.1) is 11.6 Å². The van der Waals surface area contributed by atoms with Gasteiger partial charge < -0.3 is 10.2 Å². The molecule has 1 amide bonds. The Bertz CT molecular complexity index is 761. The van der Waals surface area contributed by atoms with Gasteiger partial charge in [0, 0.05) is 30.9 Å². The van der Waals surface area contributed by atoms with Crippen molar-refractivity contribution in [1.82, 2.24) is 4.90 Å². The van der Waals surface area contributed by atoms with Gasteiger partial charge in [0.2, 0.25) is 5.91 Å². The molecule has 0 spiro atoms. The predicted molar refractivity (Wildman–Crippen MR) is 82.8 cm³/mol. The Morgan fingerprint density at radius 2 is 1.84 bits per heavy atom. The maximum absolute atomic E-state index is 13.6. The van der Waals surface area contributed by atoms with E-state index in [9.17, 15) is 26.7 Å². The van der Waals surface area contributed by atoms with Gasteiger partial charge in [-0.25, -0.2) is 8.78 Å². The smallest absolute Gasteiger partial charge is 0.376 e. The number of likely N-dealkylation sites (N-methyl/N-ethyl adjacent to an activating group) is 1. The zero-order chi connectivity index (χ0) is 18.6. The normalized spacial score (nSPS) is 11.3. The molecule has 0 unspecified atom stereocenters. The molecule has 0 aliphatic carbocycles. The molecule has 0 heterocycles. The summed E-state index contributed by atoms with van der Waals surface area (Å²) >= 11 is 0. The van der Waals surface area contributed by atoms with Crippen molar-refractivity contribution in [2.45, 2.75) is 12.7 Å². The van der Waals surface area contributed by atoms with E-state index in [1.54, 1.807) is 0 Å². The molecule has 0 saturated heterocycles. The Kier molecular flexibility index (Phi) is 5.61. The van der Waals surface area contributed by atoms with Gasteiger partial charge in [-0.15, -0.1) is 0 Å². The molecule has 2 aromatic rings. The fourth-order valence-electron chi connectivity index (χ4n) is 2.11. The summed E-state index contributed by atoms with van der Waals surface area (Å²) in [5.74, 6) is -1.95. The number of carbonyl (C=O) groups excluding carboxylic acids is 1. The van der Waals surface area contributed by atoms with Crippen molar-refractivity contribution in [3.8, 4) is 0 Å². The van der Waals surface area contributed by atoms with Crippen LogP contribution in [-0.4, -0.2) is 24.4 Å². The van der Waals surface area contributed by atoms with Crippen LogP contribution in [0.5, 0.6) is 0 Å². The average molecular weight is 358 g/mol. The van der Waals surface area contributed by atoms with Gasteiger partial charge in [-0.05, 0) is 24.3 Å². The highest BCUT2D eigenvalue weighted by atomic mass is 19.4. The third kappa shape index (κ3) is 5.17. The standard InChI is InChI=1S/C17H15F5N2O/c1-24(10-11-5-6-13(18)8-15(11)19)16(25)9-23-14-4-2-3-12(7-14)17(20,21)22/h2-8,23H,9-10H2,1H3. The van der Waals surface area contributed by atoms with E-state index in [4.69, 9.17) is 0 Å². The Hall–Kier alpha value is -2.64. The molecule has 3 nitrogen and oxygen atoms in total. The molecule has 2 rings (SSSR count). The molecule has 0 aliphatic heterocycles. The first-order valence-corrected chi connectivity index (χ1v) is 7.26. The molecule has 0 aliphatic rings. The minimum Gasteiger partial charge on any atom is -0.376 e. The number of alkyl halides is 3. The van der Waals surface area contributed by atoms with E-state index >= 15 is 0 Å². The van der Waals surface area contributed by atoms with E-state index in [1.807, 2.05) is 0 Å². The number of nitrogens with zero attached hydrogens (tertiary/aromatic N) is 1. The number of hydrogen-bond donors (Lipinski definition) is 1. The largest absolute Gasteiger partial charge is 0.416 e. The first kappa shape index (κ1) is 18.7. The lowest BCUT2D eigenvalue weighted by molar-refractivity contribution is -0.137. The summed E-state index contributed by atoms with van der Waals surface area (Å²) in [4.78, 5) is 13.2. The zero-order valence-corrected chi connectivity index (χ0v) is 13.2. The van der Waals surface area contributed by atoms with Crippen molar-refractivity contribution >= 4 is 11.6 Å². The minimum atomic E-state index is -4.47. The van der Waals surface area contributed by atoms with Gasteiger partial charge >= 0.3 is 6.18 Å². The molecule has 1 N–H and O–H groups in total. The van der Waals surface area contributed by atoms with Crippen LogP contribution in [0.2, 0.25) is 0 Å². The van der Waals surface area contributed by atoms with Crippen LogP contribution in [0.25, 0.3) is 0 Å². The van der Waals surface area contributed by atoms with Crippen molar-refractivity contribution in [2.75, 3.05) is 18.9 Å². The van der Waals surface area contributed by atoms with Crippen molar-refractivity contribution in [3.05, 3.63) is 65.2 Å². The highest BCUT2D eigenvalue weighted by molar-refractivity contribution is 5.80. The predicted octanol–water partition coefficient (Wildman–Crippen LogP) is 4.05. The molecule has 0 saturated carbocycles. The molecule has 2 aromatic carbocycles. The maximum Gasteiger partial charge on any atom is 0.416 e. The van der Waals surface area contributed by atoms with Crippen LogP contribution in [0.3, 0.4) is 0 Å². The zero-order valence-electron chi connectivity index (χ0n) is 13.2. The fraction of sp³-hybridized carbons (Fsp3) is 0.235. The molecule has 0 fully saturated rings. The number of benzene rings is 2. The number of halogens is 5. The quantitative estimate of drug-likeness (QED) is 0.818. The van der Waals surface area contributed by atoms with E-state index in [0.717, 1.165) is 18.2 Å². The third-order valence-electron chi connectivity index (χ3n) is 3.48. The Morgan fingerprint density at radius 3 is 2.48 bits per heavy atom. The molecular formula is C17H15F5N2O. The van der Waals surface area contributed by atoms with E-state index < -0.39 is 29.3 Å². The van der Waals surface area contributed by atoms with Crippen LogP contribution in [0.15, 0.2) is 42.5 Å². The second-order valence-corrected chi connectivity index (χ2v) is 5.42. The Morgan fingerprint density at radius 1 is 1.12 bits per heavy atom. The second-order valence-electron chi connectivity index (χ2n) is 5.42. The molecule has 25 heavy (non-hydrogen) atoms. The summed E-state index contributed by atoms with van der Waals surface area (Å²) in [6.45, 7) is -0.351. The number of carbonyl (C=O) groups is 1. The van der Waals surface area contributed by atoms with E-state index in [1.165, 1.54) is 30.1 Å². The van der Waals surface area contributed by atoms with Gasteiger partial charge in [-0.1, -0.05) is 12.1 Å². The van der Waals surface area contributed by atoms with Gasteiger partial charge in [0.25, 0.3) is 0 Å². The summed E-state index contributed by atoms with van der Waals surface area (Å²) in [6, 6.07) is 7.49. The van der Waals surface area contributed by atoms with Crippen molar-refractivity contribution in [1.29, 1.82) is 0 Å². The lowest BCUT2D eigenvalue weighted by atomic mass is 10.2. The van der Waals surface area contributed by atoms with Crippen molar-refractivity contribution in [3.63, 3.8) is 0 Å². The van der Waals surface area contributed by atoms with Crippen LogP contribution in [0.1, 0.15) is 11.1 Å². The molecule has 134 valence electrons. The van der Waals surface area contributed by atoms with Gasteiger partial charge in [0.1, 0.15) is 11.6 Å². The average Bonchev–Trinajstić information content (AvgIpc) is 2.54. The number of amides is 1. The topological polar surface area (TPSA) is 32.3 Å². The first-order valence-electron chi connectivity index (χ1n) is 7.26. The SMILES string of the molecule is CN(Cc1ccc(F)cc1F)C(=O)CNc1cccc(C(F)(F)F)c1. The molecule has 8 heteroatoms. The van der Waals surface area contributed by atoms with Gasteiger partial charge in [-0.2, -0.15) is 13.2 Å². The van der Waals surface area contributed by atoms with Gasteiger partial charge in [0.05, 0.1) is 12.1 Å².